The third kappa shape index (κ3) is 5.82. The van der Waals surface area contributed by atoms with Crippen LogP contribution in [0.3, 0.4) is 0 Å². The molecule has 0 saturated carbocycles. The Labute approximate surface area is 408 Å². The molecule has 70 heavy (non-hydrogen) atoms. The van der Waals surface area contributed by atoms with Crippen LogP contribution in [0, 0.1) is 0 Å². The lowest BCUT2D eigenvalue weighted by molar-refractivity contribution is 0.793. The van der Waals surface area contributed by atoms with Crippen molar-refractivity contribution in [1.29, 1.82) is 0 Å². The van der Waals surface area contributed by atoms with E-state index in [2.05, 4.69) is 287 Å². The second kappa shape index (κ2) is 16.0. The maximum atomic E-state index is 2.51. The lowest BCUT2D eigenvalue weighted by atomic mass is 9.70. The van der Waals surface area contributed by atoms with E-state index in [1.165, 1.54) is 71.9 Å². The molecule has 0 amide bonds. The Morgan fingerprint density at radius 1 is 0.300 bits per heavy atom. The van der Waals surface area contributed by atoms with E-state index in [4.69, 9.17) is 0 Å². The molecule has 0 fully saturated rings. The van der Waals surface area contributed by atoms with Gasteiger partial charge in [0.2, 0.25) is 0 Å². The Kier molecular flexibility index (Phi) is 9.11. The van der Waals surface area contributed by atoms with Gasteiger partial charge in [-0.25, -0.2) is 0 Å². The highest BCUT2D eigenvalue weighted by Crippen LogP contribution is 2.67. The number of aromatic nitrogens is 1. The molecule has 3 nitrogen and oxygen atoms in total. The molecule has 1 heterocycles. The van der Waals surface area contributed by atoms with Crippen molar-refractivity contribution in [1.82, 2.24) is 4.57 Å². The number of hydrogen-bond donors (Lipinski definition) is 0. The number of anilines is 6. The first-order chi connectivity index (χ1) is 34.8. The number of hydrogen-bond acceptors (Lipinski definition) is 2. The summed E-state index contributed by atoms with van der Waals surface area (Å²) in [5.41, 5.74) is 22.0. The van der Waals surface area contributed by atoms with Gasteiger partial charge in [0.1, 0.15) is 0 Å². The van der Waals surface area contributed by atoms with Crippen LogP contribution in [0.2, 0.25) is 0 Å². The Morgan fingerprint density at radius 3 is 1.57 bits per heavy atom. The number of benzene rings is 11. The Hall–Kier alpha value is -9.18. The second-order valence-corrected chi connectivity index (χ2v) is 18.4. The molecule has 11 aromatic carbocycles. The maximum absolute atomic E-state index is 2.51. The predicted molar refractivity (Wildman–Crippen MR) is 292 cm³/mol. The van der Waals surface area contributed by atoms with E-state index in [0.29, 0.717) is 0 Å². The first-order valence-electron chi connectivity index (χ1n) is 24.2. The molecule has 2 aliphatic rings. The summed E-state index contributed by atoms with van der Waals surface area (Å²) in [5.74, 6) is 0. The van der Waals surface area contributed by atoms with Crippen molar-refractivity contribution in [2.45, 2.75) is 5.41 Å². The SMILES string of the molecule is c1ccc(-c2ccccc2N(c2ccccc2)c2cccc3c2-c2ccccc2C32c3ccccc3-c3cccc(N(c4ccccc4)c4ccc5c6ccccc6n(-c6ccccc6)c5c4)c32)cc1. The van der Waals surface area contributed by atoms with Gasteiger partial charge in [0.05, 0.1) is 33.5 Å². The summed E-state index contributed by atoms with van der Waals surface area (Å²) < 4.78 is 2.42. The molecule has 2 aliphatic carbocycles. The van der Waals surface area contributed by atoms with Gasteiger partial charge in [-0.05, 0) is 112 Å². The molecular weight excluding hydrogens is 847 g/mol. The fourth-order valence-corrected chi connectivity index (χ4v) is 12.1. The highest BCUT2D eigenvalue weighted by Gasteiger charge is 2.54. The highest BCUT2D eigenvalue weighted by molar-refractivity contribution is 6.11. The van der Waals surface area contributed by atoms with E-state index in [1.807, 2.05) is 0 Å². The zero-order valence-corrected chi connectivity index (χ0v) is 38.3. The molecule has 0 aliphatic heterocycles. The van der Waals surface area contributed by atoms with Crippen LogP contribution >= 0.6 is 0 Å². The number of rotatable bonds is 8. The third-order valence-electron chi connectivity index (χ3n) is 14.8. The lowest BCUT2D eigenvalue weighted by Crippen LogP contribution is -2.28. The van der Waals surface area contributed by atoms with Crippen LogP contribution in [0.25, 0.3) is 60.9 Å². The van der Waals surface area contributed by atoms with Crippen LogP contribution in [0.4, 0.5) is 34.1 Å². The molecule has 1 aromatic heterocycles. The molecule has 0 radical (unpaired) electrons. The summed E-state index contributed by atoms with van der Waals surface area (Å²) in [4.78, 5) is 5.00. The molecule has 14 rings (SSSR count). The zero-order valence-electron chi connectivity index (χ0n) is 38.3. The molecule has 0 saturated heterocycles. The van der Waals surface area contributed by atoms with Gasteiger partial charge in [-0.1, -0.05) is 200 Å². The summed E-state index contributed by atoms with van der Waals surface area (Å²) in [7, 11) is 0. The summed E-state index contributed by atoms with van der Waals surface area (Å²) in [6.07, 6.45) is 0. The van der Waals surface area contributed by atoms with E-state index >= 15 is 0 Å². The quantitative estimate of drug-likeness (QED) is 0.151. The zero-order chi connectivity index (χ0) is 46.2. The predicted octanol–water partition coefficient (Wildman–Crippen LogP) is 17.7. The van der Waals surface area contributed by atoms with E-state index < -0.39 is 5.41 Å². The van der Waals surface area contributed by atoms with E-state index in [1.54, 1.807) is 0 Å². The normalized spacial score (nSPS) is 14.1. The minimum Gasteiger partial charge on any atom is -0.310 e. The highest BCUT2D eigenvalue weighted by atomic mass is 15.2. The monoisotopic (exact) mass is 891 g/mol. The van der Waals surface area contributed by atoms with Crippen molar-refractivity contribution >= 4 is 55.9 Å². The number of fused-ring (bicyclic) bond motifs is 13. The van der Waals surface area contributed by atoms with Crippen LogP contribution in [0.5, 0.6) is 0 Å². The van der Waals surface area contributed by atoms with Gasteiger partial charge >= 0.3 is 0 Å². The molecule has 328 valence electrons. The summed E-state index contributed by atoms with van der Waals surface area (Å²) >= 11 is 0. The molecular formula is C67H45N3. The van der Waals surface area contributed by atoms with Crippen LogP contribution < -0.4 is 9.80 Å². The molecule has 3 heteroatoms. The van der Waals surface area contributed by atoms with Gasteiger partial charge < -0.3 is 14.4 Å². The Morgan fingerprint density at radius 2 is 0.814 bits per heavy atom. The topological polar surface area (TPSA) is 11.4 Å². The second-order valence-electron chi connectivity index (χ2n) is 18.4. The fourth-order valence-electron chi connectivity index (χ4n) is 12.1. The van der Waals surface area contributed by atoms with Gasteiger partial charge in [-0.3, -0.25) is 0 Å². The minimum absolute atomic E-state index is 0.665. The van der Waals surface area contributed by atoms with Crippen molar-refractivity contribution in [2.75, 3.05) is 9.80 Å². The average molecular weight is 892 g/mol. The first-order valence-corrected chi connectivity index (χ1v) is 24.2. The minimum atomic E-state index is -0.665. The van der Waals surface area contributed by atoms with Gasteiger partial charge in [0, 0.05) is 50.2 Å². The lowest BCUT2D eigenvalue weighted by Gasteiger charge is -2.36. The van der Waals surface area contributed by atoms with E-state index in [9.17, 15) is 0 Å². The van der Waals surface area contributed by atoms with Gasteiger partial charge in [-0.15, -0.1) is 0 Å². The molecule has 12 aromatic rings. The Bertz CT molecular complexity index is 3950. The summed E-state index contributed by atoms with van der Waals surface area (Å²) in [6, 6.07) is 100. The van der Waals surface area contributed by atoms with Crippen LogP contribution in [-0.4, -0.2) is 4.57 Å². The maximum Gasteiger partial charge on any atom is 0.0746 e. The first kappa shape index (κ1) is 39.9. The summed E-state index contributed by atoms with van der Waals surface area (Å²) in [5, 5.41) is 2.46. The van der Waals surface area contributed by atoms with Crippen LogP contribution in [0.15, 0.2) is 273 Å². The number of nitrogens with zero attached hydrogens (tertiary/aromatic N) is 3. The molecule has 0 bridgehead atoms. The fraction of sp³-hybridized carbons (Fsp3) is 0.0149. The van der Waals surface area contributed by atoms with Crippen LogP contribution in [0.1, 0.15) is 22.3 Å². The van der Waals surface area contributed by atoms with Crippen molar-refractivity contribution in [3.05, 3.63) is 295 Å². The van der Waals surface area contributed by atoms with Crippen LogP contribution in [-0.2, 0) is 5.41 Å². The van der Waals surface area contributed by atoms with E-state index in [0.717, 1.165) is 45.3 Å². The molecule has 1 spiro atoms. The van der Waals surface area contributed by atoms with Crippen molar-refractivity contribution in [3.63, 3.8) is 0 Å². The molecule has 1 atom stereocenters. The smallest absolute Gasteiger partial charge is 0.0746 e. The number of para-hydroxylation sites is 5. The van der Waals surface area contributed by atoms with Gasteiger partial charge in [0.25, 0.3) is 0 Å². The Balaban J connectivity index is 1.06. The average Bonchev–Trinajstić information content (AvgIpc) is 4.05. The largest absolute Gasteiger partial charge is 0.310 e. The van der Waals surface area contributed by atoms with Gasteiger partial charge in [-0.2, -0.15) is 0 Å². The van der Waals surface area contributed by atoms with Crippen molar-refractivity contribution in [2.24, 2.45) is 0 Å². The van der Waals surface area contributed by atoms with Crippen molar-refractivity contribution in [3.8, 4) is 39.1 Å². The van der Waals surface area contributed by atoms with Crippen molar-refractivity contribution < 1.29 is 0 Å². The summed E-state index contributed by atoms with van der Waals surface area (Å²) in [6.45, 7) is 0. The standard InChI is InChI=1S/C67H45N3/c1-5-23-46(24-6-1)51-31-15-19-39-60(51)69(48-27-9-3-10-28-48)62-41-22-38-59-65(62)56-34-14-18-37-58(56)67(59)57-36-17-13-32-52(57)55-35-21-42-63(66(55)67)68(47-25-7-2-8-26-47)50-43-44-54-53-33-16-20-40-61(53)70(64(54)45-50)49-29-11-4-12-30-49/h1-45H. The molecule has 1 unspecified atom stereocenters. The molecule has 0 N–H and O–H groups in total. The van der Waals surface area contributed by atoms with Gasteiger partial charge in [0.15, 0.2) is 0 Å². The van der Waals surface area contributed by atoms with E-state index in [-0.39, 0.29) is 0 Å². The third-order valence-corrected chi connectivity index (χ3v) is 14.8.